The highest BCUT2D eigenvalue weighted by atomic mass is 32.1. The van der Waals surface area contributed by atoms with E-state index in [-0.39, 0.29) is 17.2 Å². The number of benzene rings is 2. The normalized spacial score (nSPS) is 14.7. The van der Waals surface area contributed by atoms with Crippen molar-refractivity contribution in [2.24, 2.45) is 0 Å². The predicted octanol–water partition coefficient (Wildman–Crippen LogP) is 5.56. The van der Waals surface area contributed by atoms with E-state index in [2.05, 4.69) is 4.98 Å². The van der Waals surface area contributed by atoms with Crippen LogP contribution in [0.15, 0.2) is 66.9 Å². The number of hydrogen-bond acceptors (Lipinski definition) is 4. The molecular formula is C24H17F3N4OS. The fourth-order valence-electron chi connectivity index (χ4n) is 3.68. The summed E-state index contributed by atoms with van der Waals surface area (Å²) in [6.45, 7) is 0.426. The Hall–Kier alpha value is -3.77. The van der Waals surface area contributed by atoms with Crippen molar-refractivity contribution in [2.75, 3.05) is 16.3 Å². The summed E-state index contributed by atoms with van der Waals surface area (Å²) in [5.74, 6) is -0.429. The zero-order valence-electron chi connectivity index (χ0n) is 17.2. The Morgan fingerprint density at radius 1 is 1.00 bits per heavy atom. The maximum atomic E-state index is 13.5. The van der Waals surface area contributed by atoms with Crippen LogP contribution in [0.25, 0.3) is 11.1 Å². The van der Waals surface area contributed by atoms with Crippen LogP contribution in [0.3, 0.4) is 0 Å². The van der Waals surface area contributed by atoms with Crippen molar-refractivity contribution in [3.8, 4) is 17.2 Å². The van der Waals surface area contributed by atoms with Crippen molar-refractivity contribution < 1.29 is 18.0 Å². The first-order valence-corrected chi connectivity index (χ1v) is 10.5. The number of nitriles is 1. The third kappa shape index (κ3) is 4.56. The lowest BCUT2D eigenvalue weighted by Gasteiger charge is -2.30. The van der Waals surface area contributed by atoms with Gasteiger partial charge in [0.15, 0.2) is 10.8 Å². The average Bonchev–Trinajstić information content (AvgIpc) is 2.96. The minimum atomic E-state index is -4.80. The molecule has 1 aromatic heterocycles. The smallest absolute Gasteiger partial charge is 0.318 e. The average molecular weight is 466 g/mol. The van der Waals surface area contributed by atoms with Gasteiger partial charge in [-0.1, -0.05) is 42.5 Å². The van der Waals surface area contributed by atoms with Crippen molar-refractivity contribution in [3.05, 3.63) is 78.1 Å². The summed E-state index contributed by atoms with van der Waals surface area (Å²) in [5, 5.41) is 9.07. The van der Waals surface area contributed by atoms with Gasteiger partial charge in [-0.2, -0.15) is 18.4 Å². The molecule has 1 amide bonds. The SMILES string of the molecule is N#Cc1ncc(N2C(=O)CCCN(c3cccc(-c4ccccc4)c3)C2=S)cc1C(F)(F)F. The number of halogens is 3. The summed E-state index contributed by atoms with van der Waals surface area (Å²) in [5.41, 5.74) is 0.574. The Morgan fingerprint density at radius 2 is 1.73 bits per heavy atom. The molecule has 2 aromatic carbocycles. The van der Waals surface area contributed by atoms with Gasteiger partial charge in [0.25, 0.3) is 0 Å². The minimum Gasteiger partial charge on any atom is -0.318 e. The summed E-state index contributed by atoms with van der Waals surface area (Å²) >= 11 is 5.59. The van der Waals surface area contributed by atoms with Crippen LogP contribution in [0.5, 0.6) is 0 Å². The van der Waals surface area contributed by atoms with Crippen LogP contribution in [0, 0.1) is 11.3 Å². The number of anilines is 2. The maximum absolute atomic E-state index is 13.5. The molecule has 3 aromatic rings. The van der Waals surface area contributed by atoms with Crippen LogP contribution < -0.4 is 9.80 Å². The second-order valence-electron chi connectivity index (χ2n) is 7.38. The van der Waals surface area contributed by atoms with Gasteiger partial charge in [0.2, 0.25) is 5.91 Å². The van der Waals surface area contributed by atoms with Crippen molar-refractivity contribution in [1.29, 1.82) is 5.26 Å². The Labute approximate surface area is 193 Å². The lowest BCUT2D eigenvalue weighted by atomic mass is 10.0. The second-order valence-corrected chi connectivity index (χ2v) is 7.75. The van der Waals surface area contributed by atoms with Crippen LogP contribution in [-0.4, -0.2) is 22.5 Å². The van der Waals surface area contributed by atoms with Gasteiger partial charge in [-0.05, 0) is 48.0 Å². The van der Waals surface area contributed by atoms with Gasteiger partial charge in [-0.15, -0.1) is 0 Å². The van der Waals surface area contributed by atoms with E-state index in [1.165, 1.54) is 6.07 Å². The van der Waals surface area contributed by atoms with Gasteiger partial charge >= 0.3 is 6.18 Å². The number of nitrogens with zero attached hydrogens (tertiary/aromatic N) is 4. The number of alkyl halides is 3. The fraction of sp³-hybridized carbons (Fsp3) is 0.167. The Bertz CT molecular complexity index is 1250. The Kier molecular flexibility index (Phi) is 6.11. The van der Waals surface area contributed by atoms with E-state index in [1.54, 1.807) is 4.90 Å². The zero-order chi connectivity index (χ0) is 23.6. The molecule has 1 fully saturated rings. The molecule has 33 heavy (non-hydrogen) atoms. The van der Waals surface area contributed by atoms with Crippen LogP contribution >= 0.6 is 12.2 Å². The van der Waals surface area contributed by atoms with E-state index >= 15 is 0 Å². The lowest BCUT2D eigenvalue weighted by molar-refractivity contribution is -0.138. The number of carbonyl (C=O) groups is 1. The second kappa shape index (κ2) is 9.00. The molecule has 4 rings (SSSR count). The fourth-order valence-corrected chi connectivity index (χ4v) is 4.09. The van der Waals surface area contributed by atoms with Crippen LogP contribution in [0.1, 0.15) is 24.1 Å². The molecule has 0 atom stereocenters. The molecule has 1 aliphatic rings. The molecule has 0 aliphatic carbocycles. The molecule has 0 N–H and O–H groups in total. The van der Waals surface area contributed by atoms with E-state index in [1.807, 2.05) is 54.6 Å². The van der Waals surface area contributed by atoms with Crippen molar-refractivity contribution in [2.45, 2.75) is 19.0 Å². The standard InChI is InChI=1S/C24H17F3N4OS/c25-24(26,27)20-13-19(15-29-21(20)14-28)31-22(32)10-5-11-30(23(31)33)18-9-4-8-17(12-18)16-6-2-1-3-7-16/h1-4,6-9,12-13,15H,5,10-11H2. The van der Waals surface area contributed by atoms with Crippen LogP contribution in [0.4, 0.5) is 24.5 Å². The van der Waals surface area contributed by atoms with Gasteiger partial charge in [0, 0.05) is 18.7 Å². The third-order valence-corrected chi connectivity index (χ3v) is 5.65. The first-order valence-electron chi connectivity index (χ1n) is 10.1. The highest BCUT2D eigenvalue weighted by molar-refractivity contribution is 7.81. The van der Waals surface area contributed by atoms with Crippen molar-refractivity contribution in [3.63, 3.8) is 0 Å². The monoisotopic (exact) mass is 466 g/mol. The maximum Gasteiger partial charge on any atom is 0.419 e. The van der Waals surface area contributed by atoms with Gasteiger partial charge in [0.05, 0.1) is 17.4 Å². The number of thiocarbonyl (C=S) groups is 1. The molecule has 0 unspecified atom stereocenters. The third-order valence-electron chi connectivity index (χ3n) is 5.25. The molecule has 5 nitrogen and oxygen atoms in total. The first kappa shape index (κ1) is 22.4. The van der Waals surface area contributed by atoms with Crippen LogP contribution in [0.2, 0.25) is 0 Å². The van der Waals surface area contributed by atoms with E-state index in [0.717, 1.165) is 34.0 Å². The number of amides is 1. The quantitative estimate of drug-likeness (QED) is 0.473. The summed E-state index contributed by atoms with van der Waals surface area (Å²) in [7, 11) is 0. The first-order chi connectivity index (χ1) is 15.8. The summed E-state index contributed by atoms with van der Waals surface area (Å²) in [4.78, 5) is 19.3. The topological polar surface area (TPSA) is 60.2 Å². The van der Waals surface area contributed by atoms with E-state index in [9.17, 15) is 18.0 Å². The molecule has 0 bridgehead atoms. The predicted molar refractivity (Wildman–Crippen MR) is 122 cm³/mol. The highest BCUT2D eigenvalue weighted by Gasteiger charge is 2.37. The largest absolute Gasteiger partial charge is 0.419 e. The lowest BCUT2D eigenvalue weighted by Crippen LogP contribution is -2.44. The summed E-state index contributed by atoms with van der Waals surface area (Å²) in [6.07, 6.45) is -3.15. The molecule has 0 spiro atoms. The van der Waals surface area contributed by atoms with Gasteiger partial charge in [-0.25, -0.2) is 4.98 Å². The summed E-state index contributed by atoms with van der Waals surface area (Å²) in [6, 6.07) is 19.5. The summed E-state index contributed by atoms with van der Waals surface area (Å²) < 4.78 is 40.4. The van der Waals surface area contributed by atoms with Gasteiger partial charge < -0.3 is 4.90 Å². The number of rotatable bonds is 3. The van der Waals surface area contributed by atoms with E-state index in [0.29, 0.717) is 13.0 Å². The molecule has 9 heteroatoms. The highest BCUT2D eigenvalue weighted by Crippen LogP contribution is 2.35. The number of hydrogen-bond donors (Lipinski definition) is 0. The molecule has 166 valence electrons. The molecule has 1 aliphatic heterocycles. The number of pyridine rings is 1. The number of carbonyl (C=O) groups excluding carboxylic acids is 1. The molecule has 0 saturated carbocycles. The molecular weight excluding hydrogens is 449 g/mol. The zero-order valence-corrected chi connectivity index (χ0v) is 18.0. The Balaban J connectivity index is 1.75. The number of aromatic nitrogens is 1. The van der Waals surface area contributed by atoms with Gasteiger partial charge in [-0.3, -0.25) is 9.69 Å². The van der Waals surface area contributed by atoms with Crippen molar-refractivity contribution in [1.82, 2.24) is 4.98 Å². The molecule has 0 radical (unpaired) electrons. The molecule has 1 saturated heterocycles. The van der Waals surface area contributed by atoms with Crippen molar-refractivity contribution >= 4 is 34.6 Å². The molecule has 2 heterocycles. The van der Waals surface area contributed by atoms with Gasteiger partial charge in [0.1, 0.15) is 6.07 Å². The van der Waals surface area contributed by atoms with Crippen LogP contribution in [-0.2, 0) is 11.0 Å². The Morgan fingerprint density at radius 3 is 2.42 bits per heavy atom. The minimum absolute atomic E-state index is 0.0577. The van der Waals surface area contributed by atoms with E-state index < -0.39 is 23.3 Å². The van der Waals surface area contributed by atoms with E-state index in [4.69, 9.17) is 17.5 Å².